The van der Waals surface area contributed by atoms with Crippen molar-refractivity contribution in [2.75, 3.05) is 18.5 Å². The number of nitrogens with one attached hydrogen (secondary N) is 1. The molecular weight excluding hydrogens is 266 g/mol. The van der Waals surface area contributed by atoms with Gasteiger partial charge in [-0.1, -0.05) is 0 Å². The number of nitro groups is 1. The van der Waals surface area contributed by atoms with Gasteiger partial charge in [-0.15, -0.1) is 0 Å². The second-order valence-corrected chi connectivity index (χ2v) is 3.62. The number of nitrogens with two attached hydrogens (primary N) is 3. The molecule has 1 rings (SSSR count). The maximum absolute atomic E-state index is 11.0. The number of anilines is 1. The Morgan fingerprint density at radius 1 is 1.40 bits per heavy atom. The van der Waals surface area contributed by atoms with E-state index in [0.717, 1.165) is 0 Å². The normalized spacial score (nSPS) is 10.9. The maximum atomic E-state index is 11.0. The largest absolute Gasteiger partial charge is 0.395 e. The second-order valence-electron chi connectivity index (χ2n) is 3.62. The Hall–Kier alpha value is -2.88. The minimum atomic E-state index is -0.574. The molecular formula is C10H15N7O3. The van der Waals surface area contributed by atoms with Gasteiger partial charge in [0.25, 0.3) is 5.69 Å². The molecule has 0 spiro atoms. The van der Waals surface area contributed by atoms with Crippen LogP contribution in [0.25, 0.3) is 0 Å². The molecule has 0 fully saturated rings. The molecule has 0 amide bonds. The first-order valence-corrected chi connectivity index (χ1v) is 5.51. The van der Waals surface area contributed by atoms with Gasteiger partial charge in [0, 0.05) is 12.6 Å². The summed E-state index contributed by atoms with van der Waals surface area (Å²) in [5, 5.41) is 22.4. The summed E-state index contributed by atoms with van der Waals surface area (Å²) in [5.41, 5.74) is 16.0. The number of benzene rings is 1. The minimum Gasteiger partial charge on any atom is -0.395 e. The average Bonchev–Trinajstić information content (AvgIpc) is 2.35. The van der Waals surface area contributed by atoms with E-state index in [1.54, 1.807) is 0 Å². The van der Waals surface area contributed by atoms with Crippen molar-refractivity contribution in [3.63, 3.8) is 0 Å². The molecule has 0 saturated carbocycles. The van der Waals surface area contributed by atoms with E-state index in [-0.39, 0.29) is 42.1 Å². The predicted molar refractivity (Wildman–Crippen MR) is 75.8 cm³/mol. The van der Waals surface area contributed by atoms with E-state index in [9.17, 15) is 10.1 Å². The van der Waals surface area contributed by atoms with Gasteiger partial charge >= 0.3 is 0 Å². The number of guanidine groups is 2. The van der Waals surface area contributed by atoms with Crippen LogP contribution in [0.4, 0.5) is 17.1 Å². The van der Waals surface area contributed by atoms with Gasteiger partial charge in [-0.25, -0.2) is 4.99 Å². The lowest BCUT2D eigenvalue weighted by atomic mass is 10.2. The van der Waals surface area contributed by atoms with Crippen molar-refractivity contribution in [1.29, 1.82) is 0 Å². The number of hydrogen-bond acceptors (Lipinski definition) is 5. The van der Waals surface area contributed by atoms with Crippen LogP contribution in [-0.4, -0.2) is 35.1 Å². The highest BCUT2D eigenvalue weighted by molar-refractivity contribution is 5.93. The molecule has 8 N–H and O–H groups in total. The molecule has 108 valence electrons. The van der Waals surface area contributed by atoms with Crippen LogP contribution in [0, 0.1) is 10.1 Å². The summed E-state index contributed by atoms with van der Waals surface area (Å²) in [4.78, 5) is 17.7. The fraction of sp³-hybridized carbons (Fsp3) is 0.200. The van der Waals surface area contributed by atoms with Gasteiger partial charge in [0.05, 0.1) is 17.2 Å². The number of aliphatic hydroxyl groups excluding tert-OH is 1. The predicted octanol–water partition coefficient (Wildman–Crippen LogP) is -0.781. The van der Waals surface area contributed by atoms with Crippen LogP contribution in [0.15, 0.2) is 28.2 Å². The number of hydrogen-bond donors (Lipinski definition) is 5. The molecule has 10 nitrogen and oxygen atoms in total. The van der Waals surface area contributed by atoms with Gasteiger partial charge < -0.3 is 27.6 Å². The van der Waals surface area contributed by atoms with Gasteiger partial charge in [-0.05, 0) is 12.1 Å². The molecule has 0 bridgehead atoms. The van der Waals surface area contributed by atoms with Crippen LogP contribution in [0.3, 0.4) is 0 Å². The van der Waals surface area contributed by atoms with E-state index in [1.807, 2.05) is 0 Å². The Morgan fingerprint density at radius 3 is 2.65 bits per heavy atom. The fourth-order valence-electron chi connectivity index (χ4n) is 1.37. The van der Waals surface area contributed by atoms with Crippen molar-refractivity contribution in [3.8, 4) is 0 Å². The Kier molecular flexibility index (Phi) is 5.23. The molecule has 0 aliphatic carbocycles. The maximum Gasteiger partial charge on any atom is 0.294 e. The first-order chi connectivity index (χ1) is 9.43. The van der Waals surface area contributed by atoms with E-state index in [4.69, 9.17) is 22.3 Å². The SMILES string of the molecule is NC(N)=NC(N)=Nc1ccc(NCCO)c([N+](=O)[O-])c1. The molecule has 0 saturated heterocycles. The summed E-state index contributed by atoms with van der Waals surface area (Å²) in [6.45, 7) is 0.0497. The van der Waals surface area contributed by atoms with Crippen LogP contribution in [-0.2, 0) is 0 Å². The Bertz CT molecular complexity index is 552. The van der Waals surface area contributed by atoms with E-state index in [1.165, 1.54) is 18.2 Å². The molecule has 0 unspecified atom stereocenters. The first kappa shape index (κ1) is 15.2. The molecule has 0 aliphatic heterocycles. The molecule has 20 heavy (non-hydrogen) atoms. The zero-order valence-electron chi connectivity index (χ0n) is 10.5. The zero-order chi connectivity index (χ0) is 15.1. The van der Waals surface area contributed by atoms with Gasteiger partial charge in [0.2, 0.25) is 5.96 Å². The summed E-state index contributed by atoms with van der Waals surface area (Å²) in [5.74, 6) is -0.475. The number of aliphatic imine (C=N–C) groups is 2. The van der Waals surface area contributed by atoms with Crippen LogP contribution >= 0.6 is 0 Å². The summed E-state index contributed by atoms with van der Waals surface area (Å²) in [7, 11) is 0. The lowest BCUT2D eigenvalue weighted by Gasteiger charge is -2.05. The summed E-state index contributed by atoms with van der Waals surface area (Å²) in [6, 6.07) is 4.17. The molecule has 0 atom stereocenters. The third kappa shape index (κ3) is 4.42. The van der Waals surface area contributed by atoms with Gasteiger partial charge in [0.15, 0.2) is 5.96 Å². The Morgan fingerprint density at radius 2 is 2.10 bits per heavy atom. The smallest absolute Gasteiger partial charge is 0.294 e. The fourth-order valence-corrected chi connectivity index (χ4v) is 1.37. The second kappa shape index (κ2) is 6.89. The highest BCUT2D eigenvalue weighted by Crippen LogP contribution is 2.29. The van der Waals surface area contributed by atoms with Crippen molar-refractivity contribution in [1.82, 2.24) is 0 Å². The summed E-state index contributed by atoms with van der Waals surface area (Å²) >= 11 is 0. The monoisotopic (exact) mass is 281 g/mol. The quantitative estimate of drug-likeness (QED) is 0.203. The van der Waals surface area contributed by atoms with Crippen molar-refractivity contribution in [2.24, 2.45) is 27.2 Å². The number of rotatable bonds is 5. The summed E-state index contributed by atoms with van der Waals surface area (Å²) in [6.07, 6.45) is 0. The van der Waals surface area contributed by atoms with Gasteiger partial charge in [-0.2, -0.15) is 4.99 Å². The Labute approximate surface area is 114 Å². The standard InChI is InChI=1S/C10H15N7O3/c11-9(12)16-10(13)15-6-1-2-7(14-3-4-18)8(5-6)17(19)20/h1-2,5,14,18H,3-4H2,(H6,11,12,13,15,16). The highest BCUT2D eigenvalue weighted by atomic mass is 16.6. The zero-order valence-corrected chi connectivity index (χ0v) is 10.5. The topological polar surface area (TPSA) is 178 Å². The van der Waals surface area contributed by atoms with Gasteiger partial charge in [0.1, 0.15) is 5.69 Å². The van der Waals surface area contributed by atoms with Crippen LogP contribution in [0.1, 0.15) is 0 Å². The molecule has 1 aromatic carbocycles. The van der Waals surface area contributed by atoms with Crippen LogP contribution in [0.5, 0.6) is 0 Å². The molecule has 0 aliphatic rings. The van der Waals surface area contributed by atoms with E-state index in [2.05, 4.69) is 15.3 Å². The van der Waals surface area contributed by atoms with Crippen molar-refractivity contribution >= 4 is 29.0 Å². The third-order valence-electron chi connectivity index (χ3n) is 2.09. The van der Waals surface area contributed by atoms with Gasteiger partial charge in [-0.3, -0.25) is 10.1 Å². The Balaban J connectivity index is 3.10. The molecule has 1 aromatic rings. The molecule has 10 heteroatoms. The molecule has 0 aromatic heterocycles. The lowest BCUT2D eigenvalue weighted by Crippen LogP contribution is -2.26. The third-order valence-corrected chi connectivity index (χ3v) is 2.09. The number of nitrogens with zero attached hydrogens (tertiary/aromatic N) is 3. The lowest BCUT2D eigenvalue weighted by molar-refractivity contribution is -0.383. The first-order valence-electron chi connectivity index (χ1n) is 5.51. The van der Waals surface area contributed by atoms with Crippen molar-refractivity contribution in [3.05, 3.63) is 28.3 Å². The van der Waals surface area contributed by atoms with Crippen molar-refractivity contribution < 1.29 is 10.0 Å². The summed E-state index contributed by atoms with van der Waals surface area (Å²) < 4.78 is 0. The van der Waals surface area contributed by atoms with Crippen molar-refractivity contribution in [2.45, 2.75) is 0 Å². The number of aliphatic hydroxyl groups is 1. The van der Waals surface area contributed by atoms with E-state index >= 15 is 0 Å². The van der Waals surface area contributed by atoms with Crippen LogP contribution < -0.4 is 22.5 Å². The average molecular weight is 281 g/mol. The molecule has 0 heterocycles. The number of nitro benzene ring substituents is 1. The van der Waals surface area contributed by atoms with E-state index in [0.29, 0.717) is 0 Å². The van der Waals surface area contributed by atoms with Crippen LogP contribution in [0.2, 0.25) is 0 Å². The molecule has 0 radical (unpaired) electrons. The van der Waals surface area contributed by atoms with E-state index < -0.39 is 4.92 Å². The highest BCUT2D eigenvalue weighted by Gasteiger charge is 2.14. The minimum absolute atomic E-state index is 0.144.